The molecule has 2 N–H and O–H groups in total. The van der Waals surface area contributed by atoms with Gasteiger partial charge in [0.1, 0.15) is 0 Å². The van der Waals surface area contributed by atoms with Crippen LogP contribution in [-0.2, 0) is 10.0 Å². The summed E-state index contributed by atoms with van der Waals surface area (Å²) in [7, 11) is -2.67. The van der Waals surface area contributed by atoms with E-state index in [4.69, 9.17) is 9.84 Å². The number of aromatic hydroxyl groups is 1. The van der Waals surface area contributed by atoms with Crippen LogP contribution in [0.15, 0.2) is 51.8 Å². The molecule has 0 radical (unpaired) electrons. The van der Waals surface area contributed by atoms with Crippen LogP contribution < -0.4 is 4.74 Å². The second-order valence-corrected chi connectivity index (χ2v) is 6.10. The highest BCUT2D eigenvalue weighted by atomic mass is 32.2. The number of methoxy groups -OCH3 is 1. The molecular weight excluding hydrogens is 322 g/mol. The maximum Gasteiger partial charge on any atom is 0.335 e. The van der Waals surface area contributed by atoms with Gasteiger partial charge in [-0.15, -0.1) is 0 Å². The van der Waals surface area contributed by atoms with Gasteiger partial charge in [0, 0.05) is 12.3 Å². The Balaban J connectivity index is 2.28. The second kappa shape index (κ2) is 6.49. The van der Waals surface area contributed by atoms with Crippen molar-refractivity contribution in [3.05, 3.63) is 53.6 Å². The zero-order valence-corrected chi connectivity index (χ0v) is 12.8. The Morgan fingerprint density at radius 2 is 1.83 bits per heavy atom. The van der Waals surface area contributed by atoms with E-state index in [1.165, 1.54) is 43.5 Å². The smallest absolute Gasteiger partial charge is 0.335 e. The Bertz CT molecular complexity index is 856. The van der Waals surface area contributed by atoms with E-state index in [1.54, 1.807) is 0 Å². The fraction of sp³-hybridized carbons (Fsp3) is 0.0667. The zero-order chi connectivity index (χ0) is 17.0. The molecule has 23 heavy (non-hydrogen) atoms. The van der Waals surface area contributed by atoms with Crippen molar-refractivity contribution in [3.63, 3.8) is 0 Å². The van der Waals surface area contributed by atoms with Gasteiger partial charge in [0.15, 0.2) is 11.5 Å². The largest absolute Gasteiger partial charge is 0.504 e. The van der Waals surface area contributed by atoms with Crippen LogP contribution in [-0.4, -0.2) is 37.9 Å². The molecule has 0 aromatic heterocycles. The van der Waals surface area contributed by atoms with Crippen molar-refractivity contribution in [2.75, 3.05) is 7.11 Å². The monoisotopic (exact) mass is 335 g/mol. The maximum atomic E-state index is 12.1. The molecule has 7 nitrogen and oxygen atoms in total. The number of hydrogen-bond acceptors (Lipinski definition) is 5. The van der Waals surface area contributed by atoms with Gasteiger partial charge in [-0.25, -0.2) is 4.79 Å². The van der Waals surface area contributed by atoms with Gasteiger partial charge in [-0.2, -0.15) is 12.8 Å². The molecule has 0 spiro atoms. The van der Waals surface area contributed by atoms with Crippen molar-refractivity contribution < 1.29 is 28.2 Å². The van der Waals surface area contributed by atoms with Crippen LogP contribution in [0, 0.1) is 0 Å². The number of nitrogens with zero attached hydrogens (tertiary/aromatic N) is 1. The summed E-state index contributed by atoms with van der Waals surface area (Å²) < 4.78 is 32.7. The zero-order valence-electron chi connectivity index (χ0n) is 12.0. The molecule has 0 saturated carbocycles. The molecule has 0 aliphatic rings. The summed E-state index contributed by atoms with van der Waals surface area (Å²) in [6.07, 6.45) is 1.11. The number of phenolic OH excluding ortho intramolecular Hbond substituents is 1. The number of aromatic carboxylic acids is 1. The molecule has 0 aliphatic heterocycles. The summed E-state index contributed by atoms with van der Waals surface area (Å²) in [6, 6.07) is 9.15. The minimum Gasteiger partial charge on any atom is -0.504 e. The first-order valence-corrected chi connectivity index (χ1v) is 7.78. The van der Waals surface area contributed by atoms with Gasteiger partial charge in [0.25, 0.3) is 10.0 Å². The van der Waals surface area contributed by atoms with E-state index < -0.39 is 16.0 Å². The van der Waals surface area contributed by atoms with E-state index >= 15 is 0 Å². The Morgan fingerprint density at radius 1 is 1.17 bits per heavy atom. The lowest BCUT2D eigenvalue weighted by Crippen LogP contribution is -1.99. The van der Waals surface area contributed by atoms with E-state index in [2.05, 4.69) is 4.40 Å². The average Bonchev–Trinajstić information content (AvgIpc) is 2.53. The van der Waals surface area contributed by atoms with Gasteiger partial charge in [-0.3, -0.25) is 0 Å². The number of rotatable bonds is 5. The number of carboxylic acids is 1. The molecule has 0 amide bonds. The standard InChI is InChI=1S/C15H13NO6S/c1-22-14-8-12(6-7-13(14)17)23(20,21)16-9-10-2-4-11(5-3-10)15(18)19/h2-9,17H,1H3,(H,18,19). The molecule has 0 aliphatic carbocycles. The van der Waals surface area contributed by atoms with Crippen molar-refractivity contribution in [2.24, 2.45) is 4.40 Å². The second-order valence-electron chi connectivity index (χ2n) is 4.47. The summed E-state index contributed by atoms with van der Waals surface area (Å²) >= 11 is 0. The number of carboxylic acid groups (broad SMARTS) is 1. The molecule has 120 valence electrons. The molecule has 0 fully saturated rings. The Kier molecular flexibility index (Phi) is 4.65. The van der Waals surface area contributed by atoms with Crippen LogP contribution >= 0.6 is 0 Å². The van der Waals surface area contributed by atoms with E-state index in [0.717, 1.165) is 12.3 Å². The van der Waals surface area contributed by atoms with Crippen molar-refractivity contribution in [1.82, 2.24) is 0 Å². The van der Waals surface area contributed by atoms with Crippen molar-refractivity contribution in [3.8, 4) is 11.5 Å². The first-order chi connectivity index (χ1) is 10.8. The van der Waals surface area contributed by atoms with E-state index in [9.17, 15) is 18.3 Å². The van der Waals surface area contributed by atoms with Crippen LogP contribution in [0.4, 0.5) is 0 Å². The third-order valence-corrected chi connectivity index (χ3v) is 4.18. The number of sulfonamides is 1. The molecule has 0 bridgehead atoms. The summed E-state index contributed by atoms with van der Waals surface area (Å²) in [4.78, 5) is 10.6. The van der Waals surface area contributed by atoms with Crippen LogP contribution in [0.2, 0.25) is 0 Å². The van der Waals surface area contributed by atoms with Gasteiger partial charge in [-0.1, -0.05) is 12.1 Å². The molecule has 2 rings (SSSR count). The average molecular weight is 335 g/mol. The number of ether oxygens (including phenoxy) is 1. The lowest BCUT2D eigenvalue weighted by molar-refractivity contribution is 0.0697. The summed E-state index contributed by atoms with van der Waals surface area (Å²) in [5.74, 6) is -1.23. The van der Waals surface area contributed by atoms with Crippen LogP contribution in [0.5, 0.6) is 11.5 Å². The van der Waals surface area contributed by atoms with Gasteiger partial charge >= 0.3 is 5.97 Å². The third kappa shape index (κ3) is 3.86. The predicted molar refractivity (Wildman–Crippen MR) is 82.8 cm³/mol. The Hall–Kier alpha value is -2.87. The minimum absolute atomic E-state index is 0.0205. The molecular formula is C15H13NO6S. The highest BCUT2D eigenvalue weighted by Gasteiger charge is 2.15. The van der Waals surface area contributed by atoms with Gasteiger partial charge in [0.2, 0.25) is 0 Å². The molecule has 0 heterocycles. The van der Waals surface area contributed by atoms with Crippen molar-refractivity contribution in [2.45, 2.75) is 4.90 Å². The fourth-order valence-electron chi connectivity index (χ4n) is 1.72. The topological polar surface area (TPSA) is 113 Å². The van der Waals surface area contributed by atoms with Gasteiger partial charge in [-0.05, 0) is 29.8 Å². The third-order valence-electron chi connectivity index (χ3n) is 2.95. The normalized spacial score (nSPS) is 11.5. The summed E-state index contributed by atoms with van der Waals surface area (Å²) in [6.45, 7) is 0. The van der Waals surface area contributed by atoms with Crippen LogP contribution in [0.3, 0.4) is 0 Å². The quantitative estimate of drug-likeness (QED) is 0.807. The van der Waals surface area contributed by atoms with E-state index in [0.29, 0.717) is 5.56 Å². The predicted octanol–water partition coefficient (Wildman–Crippen LogP) is 1.91. The van der Waals surface area contributed by atoms with Gasteiger partial charge < -0.3 is 14.9 Å². The van der Waals surface area contributed by atoms with E-state index in [-0.39, 0.29) is 22.0 Å². The Morgan fingerprint density at radius 3 is 2.39 bits per heavy atom. The molecule has 0 saturated heterocycles. The van der Waals surface area contributed by atoms with Crippen molar-refractivity contribution in [1.29, 1.82) is 0 Å². The first kappa shape index (κ1) is 16.5. The minimum atomic E-state index is -3.97. The van der Waals surface area contributed by atoms with Crippen LogP contribution in [0.25, 0.3) is 0 Å². The maximum absolute atomic E-state index is 12.1. The lowest BCUT2D eigenvalue weighted by atomic mass is 10.1. The molecule has 2 aromatic carbocycles. The van der Waals surface area contributed by atoms with Gasteiger partial charge in [0.05, 0.1) is 17.6 Å². The molecule has 8 heteroatoms. The van der Waals surface area contributed by atoms with Crippen molar-refractivity contribution >= 4 is 22.2 Å². The molecule has 2 aromatic rings. The van der Waals surface area contributed by atoms with Crippen LogP contribution in [0.1, 0.15) is 15.9 Å². The molecule has 0 atom stereocenters. The number of benzene rings is 2. The number of hydrogen-bond donors (Lipinski definition) is 2. The fourth-order valence-corrected chi connectivity index (χ4v) is 2.60. The van der Waals surface area contributed by atoms with E-state index in [1.807, 2.05) is 0 Å². The molecule has 0 unspecified atom stereocenters. The summed E-state index contributed by atoms with van der Waals surface area (Å²) in [5, 5.41) is 18.3. The highest BCUT2D eigenvalue weighted by Crippen LogP contribution is 2.28. The first-order valence-electron chi connectivity index (χ1n) is 6.34. The lowest BCUT2D eigenvalue weighted by Gasteiger charge is -2.05. The number of carbonyl (C=O) groups is 1. The highest BCUT2D eigenvalue weighted by molar-refractivity contribution is 7.90. The Labute approximate surface area is 132 Å². The SMILES string of the molecule is COc1cc(S(=O)(=O)N=Cc2ccc(C(=O)O)cc2)ccc1O. The number of phenols is 1. The summed E-state index contributed by atoms with van der Waals surface area (Å²) in [5.41, 5.74) is 0.526.